The number of carbonyl (C=O) groups is 2. The summed E-state index contributed by atoms with van der Waals surface area (Å²) in [4.78, 5) is 26.7. The van der Waals surface area contributed by atoms with Gasteiger partial charge < -0.3 is 4.74 Å². The first kappa shape index (κ1) is 12.5. The minimum Gasteiger partial charge on any atom is -0.362 e. The summed E-state index contributed by atoms with van der Waals surface area (Å²) in [6, 6.07) is 7.45. The number of ether oxygens (including phenoxy) is 1. The molecule has 0 spiro atoms. The van der Waals surface area contributed by atoms with Crippen LogP contribution in [0.4, 0.5) is 5.69 Å². The van der Waals surface area contributed by atoms with Crippen LogP contribution in [-0.2, 0) is 14.3 Å². The van der Waals surface area contributed by atoms with Crippen molar-refractivity contribution in [3.05, 3.63) is 40.0 Å². The molecule has 0 aliphatic carbocycles. The maximum atomic E-state index is 12.7. The van der Waals surface area contributed by atoms with E-state index in [0.717, 1.165) is 3.57 Å². The Kier molecular flexibility index (Phi) is 2.45. The minimum atomic E-state index is -0.626. The molecule has 0 aromatic heterocycles. The third-order valence-corrected chi connectivity index (χ3v) is 5.07. The molecule has 3 aliphatic rings. The fourth-order valence-electron chi connectivity index (χ4n) is 3.52. The van der Waals surface area contributed by atoms with Crippen LogP contribution in [0.15, 0.2) is 36.4 Å². The molecule has 0 unspecified atom stereocenters. The molecule has 4 nitrogen and oxygen atoms in total. The van der Waals surface area contributed by atoms with Crippen LogP contribution in [0.5, 0.6) is 0 Å². The van der Waals surface area contributed by atoms with E-state index in [4.69, 9.17) is 4.74 Å². The van der Waals surface area contributed by atoms with Crippen molar-refractivity contribution >= 4 is 40.1 Å². The van der Waals surface area contributed by atoms with Crippen molar-refractivity contribution in [2.75, 3.05) is 4.90 Å². The smallest absolute Gasteiger partial charge is 0.241 e. The minimum absolute atomic E-state index is 0.139. The van der Waals surface area contributed by atoms with E-state index in [1.54, 1.807) is 6.07 Å². The lowest BCUT2D eigenvalue weighted by atomic mass is 9.78. The summed E-state index contributed by atoms with van der Waals surface area (Å²) in [7, 11) is 0. The van der Waals surface area contributed by atoms with Crippen LogP contribution in [0.1, 0.15) is 6.92 Å². The highest BCUT2D eigenvalue weighted by Gasteiger charge is 2.65. The van der Waals surface area contributed by atoms with Gasteiger partial charge in [-0.2, -0.15) is 0 Å². The van der Waals surface area contributed by atoms with Gasteiger partial charge in [-0.15, -0.1) is 0 Å². The molecule has 20 heavy (non-hydrogen) atoms. The van der Waals surface area contributed by atoms with Gasteiger partial charge in [0.1, 0.15) is 0 Å². The summed E-state index contributed by atoms with van der Waals surface area (Å²) in [5.41, 5.74) is 0.0305. The van der Waals surface area contributed by atoms with Crippen LogP contribution in [0.25, 0.3) is 0 Å². The van der Waals surface area contributed by atoms with Gasteiger partial charge >= 0.3 is 0 Å². The number of carbonyl (C=O) groups excluding carboxylic acids is 2. The largest absolute Gasteiger partial charge is 0.362 e. The van der Waals surface area contributed by atoms with Gasteiger partial charge in [-0.1, -0.05) is 18.2 Å². The van der Waals surface area contributed by atoms with Gasteiger partial charge in [-0.3, -0.25) is 9.59 Å². The van der Waals surface area contributed by atoms with Crippen LogP contribution < -0.4 is 4.90 Å². The first-order valence-electron chi connectivity index (χ1n) is 6.52. The molecule has 0 N–H and O–H groups in total. The number of rotatable bonds is 1. The van der Waals surface area contributed by atoms with E-state index >= 15 is 0 Å². The maximum Gasteiger partial charge on any atom is 0.241 e. The molecule has 0 saturated carbocycles. The Hall–Kier alpha value is -1.21. The van der Waals surface area contributed by atoms with Crippen molar-refractivity contribution in [3.63, 3.8) is 0 Å². The van der Waals surface area contributed by atoms with Crippen LogP contribution >= 0.6 is 22.6 Å². The average Bonchev–Trinajstić information content (AvgIpc) is 2.99. The maximum absolute atomic E-state index is 12.7. The highest BCUT2D eigenvalue weighted by Crippen LogP contribution is 2.52. The lowest BCUT2D eigenvalue weighted by Crippen LogP contribution is -2.38. The lowest BCUT2D eigenvalue weighted by molar-refractivity contribution is -0.126. The predicted molar refractivity (Wildman–Crippen MR) is 81.1 cm³/mol. The van der Waals surface area contributed by atoms with Gasteiger partial charge in [-0.05, 0) is 47.7 Å². The highest BCUT2D eigenvalue weighted by molar-refractivity contribution is 14.1. The summed E-state index contributed by atoms with van der Waals surface area (Å²) >= 11 is 2.18. The SMILES string of the molecule is C[C@]12C=C[C@H](O1)[C@@H]1C(=O)N(c3cccc(I)c3)C(=O)[C@@H]12. The number of imide groups is 1. The van der Waals surface area contributed by atoms with Gasteiger partial charge in [0.2, 0.25) is 11.8 Å². The second kappa shape index (κ2) is 3.92. The van der Waals surface area contributed by atoms with Crippen LogP contribution in [0.3, 0.4) is 0 Å². The molecule has 2 amide bonds. The number of hydrogen-bond donors (Lipinski definition) is 0. The molecule has 102 valence electrons. The molecule has 5 heteroatoms. The van der Waals surface area contributed by atoms with Crippen molar-refractivity contribution in [2.45, 2.75) is 18.6 Å². The third kappa shape index (κ3) is 1.45. The Morgan fingerprint density at radius 2 is 2.10 bits per heavy atom. The van der Waals surface area contributed by atoms with E-state index in [-0.39, 0.29) is 29.8 Å². The van der Waals surface area contributed by atoms with E-state index in [0.29, 0.717) is 5.69 Å². The Morgan fingerprint density at radius 3 is 2.80 bits per heavy atom. The van der Waals surface area contributed by atoms with Crippen molar-refractivity contribution in [2.24, 2.45) is 11.8 Å². The average molecular weight is 381 g/mol. The van der Waals surface area contributed by atoms with Crippen LogP contribution in [0, 0.1) is 15.4 Å². The van der Waals surface area contributed by atoms with Crippen LogP contribution in [0.2, 0.25) is 0 Å². The third-order valence-electron chi connectivity index (χ3n) is 4.40. The monoisotopic (exact) mass is 381 g/mol. The van der Waals surface area contributed by atoms with Gasteiger partial charge in [-0.25, -0.2) is 4.90 Å². The number of nitrogens with zero attached hydrogens (tertiary/aromatic N) is 1. The molecule has 0 radical (unpaired) electrons. The van der Waals surface area contributed by atoms with Gasteiger partial charge in [0, 0.05) is 3.57 Å². The highest BCUT2D eigenvalue weighted by atomic mass is 127. The van der Waals surface area contributed by atoms with E-state index in [9.17, 15) is 9.59 Å². The lowest BCUT2D eigenvalue weighted by Gasteiger charge is -2.24. The number of hydrogen-bond acceptors (Lipinski definition) is 3. The van der Waals surface area contributed by atoms with Gasteiger partial charge in [0.05, 0.1) is 29.2 Å². The summed E-state index contributed by atoms with van der Waals surface area (Å²) in [5.74, 6) is -1.03. The molecule has 1 aromatic rings. The molecular weight excluding hydrogens is 369 g/mol. The molecule has 3 heterocycles. The molecule has 2 fully saturated rings. The fraction of sp³-hybridized carbons (Fsp3) is 0.333. The first-order chi connectivity index (χ1) is 9.51. The quantitative estimate of drug-likeness (QED) is 0.426. The second-order valence-corrected chi connectivity index (χ2v) is 6.87. The van der Waals surface area contributed by atoms with Crippen molar-refractivity contribution in [1.82, 2.24) is 0 Å². The standard InChI is InChI=1S/C15H12INO3/c1-15-6-5-10(20-15)11-12(15)14(19)17(13(11)18)9-4-2-3-8(16)7-9/h2-7,10-12H,1H3/t10-,11-,12+,15+/m0/s1. The molecule has 3 aliphatic heterocycles. The molecular formula is C15H12INO3. The van der Waals surface area contributed by atoms with Gasteiger partial charge in [0.15, 0.2) is 0 Å². The number of anilines is 1. The Morgan fingerprint density at radius 1 is 1.30 bits per heavy atom. The van der Waals surface area contributed by atoms with Crippen molar-refractivity contribution in [3.8, 4) is 0 Å². The van der Waals surface area contributed by atoms with Crippen molar-refractivity contribution < 1.29 is 14.3 Å². The van der Waals surface area contributed by atoms with E-state index in [2.05, 4.69) is 22.6 Å². The van der Waals surface area contributed by atoms with E-state index < -0.39 is 5.60 Å². The Bertz CT molecular complexity index is 671. The topological polar surface area (TPSA) is 46.6 Å². The number of fused-ring (bicyclic) bond motifs is 5. The summed E-state index contributed by atoms with van der Waals surface area (Å²) in [6.45, 7) is 1.89. The fourth-order valence-corrected chi connectivity index (χ4v) is 4.05. The first-order valence-corrected chi connectivity index (χ1v) is 7.60. The molecule has 2 saturated heterocycles. The van der Waals surface area contributed by atoms with Crippen molar-refractivity contribution in [1.29, 1.82) is 0 Å². The predicted octanol–water partition coefficient (Wildman–Crippen LogP) is 2.12. The van der Waals surface area contributed by atoms with E-state index in [1.807, 2.05) is 37.3 Å². The molecule has 4 rings (SSSR count). The zero-order valence-electron chi connectivity index (χ0n) is 10.7. The number of halogens is 1. The molecule has 4 atom stereocenters. The molecule has 1 aromatic carbocycles. The summed E-state index contributed by atoms with van der Waals surface area (Å²) < 4.78 is 6.80. The van der Waals surface area contributed by atoms with Crippen LogP contribution in [-0.4, -0.2) is 23.5 Å². The normalized spacial score (nSPS) is 37.9. The summed E-state index contributed by atoms with van der Waals surface area (Å²) in [5, 5.41) is 0. The summed E-state index contributed by atoms with van der Waals surface area (Å²) in [6.07, 6.45) is 3.57. The zero-order valence-corrected chi connectivity index (χ0v) is 12.9. The Labute approximate surface area is 129 Å². The van der Waals surface area contributed by atoms with E-state index in [1.165, 1.54) is 4.90 Å². The number of benzene rings is 1. The Balaban J connectivity index is 1.79. The second-order valence-electron chi connectivity index (χ2n) is 5.62. The number of amides is 2. The zero-order chi connectivity index (χ0) is 14.1. The van der Waals surface area contributed by atoms with Gasteiger partial charge in [0.25, 0.3) is 0 Å². The molecule has 2 bridgehead atoms.